The van der Waals surface area contributed by atoms with Gasteiger partial charge in [-0.25, -0.2) is 0 Å². The number of hydrogen-bond acceptors (Lipinski definition) is 10. The molecule has 5 aromatic rings. The van der Waals surface area contributed by atoms with Gasteiger partial charge in [0.1, 0.15) is 68.6 Å². The molecule has 10 nitrogen and oxygen atoms in total. The molecule has 1 aliphatic heterocycles. The highest BCUT2D eigenvalue weighted by Gasteiger charge is 2.32. The van der Waals surface area contributed by atoms with Gasteiger partial charge < -0.3 is 39.8 Å². The van der Waals surface area contributed by atoms with E-state index in [9.17, 15) is 40.2 Å². The molecular weight excluding hydrogens is 496 g/mol. The zero-order valence-electron chi connectivity index (χ0n) is 20.0. The van der Waals surface area contributed by atoms with Crippen LogP contribution in [0.15, 0.2) is 39.5 Å². The molecule has 1 aliphatic rings. The lowest BCUT2D eigenvalue weighted by Crippen LogP contribution is -2.24. The lowest BCUT2D eigenvalue weighted by molar-refractivity contribution is 0.0867. The van der Waals surface area contributed by atoms with E-state index < -0.39 is 46.1 Å². The van der Waals surface area contributed by atoms with Crippen LogP contribution in [0, 0.1) is 6.92 Å². The van der Waals surface area contributed by atoms with Gasteiger partial charge >= 0.3 is 0 Å². The Morgan fingerprint density at radius 3 is 2.08 bits per heavy atom. The number of carbonyl (C=O) groups is 1. The molecule has 38 heavy (non-hydrogen) atoms. The first-order chi connectivity index (χ1) is 18.0. The van der Waals surface area contributed by atoms with Crippen LogP contribution in [-0.2, 0) is 0 Å². The second kappa shape index (κ2) is 7.69. The maximum atomic E-state index is 13.4. The summed E-state index contributed by atoms with van der Waals surface area (Å²) >= 11 is 0. The van der Waals surface area contributed by atoms with Gasteiger partial charge in [-0.3, -0.25) is 9.59 Å². The van der Waals surface area contributed by atoms with Crippen molar-refractivity contribution in [3.8, 4) is 51.4 Å². The Hall–Kier alpha value is -5.12. The molecule has 6 N–H and O–H groups in total. The van der Waals surface area contributed by atoms with Crippen LogP contribution in [0.25, 0.3) is 43.6 Å². The number of benzene rings is 4. The molecule has 1 atom stereocenters. The quantitative estimate of drug-likeness (QED) is 0.172. The minimum atomic E-state index is -0.768. The number of fused-ring (bicyclic) bond motifs is 4. The molecule has 0 amide bonds. The summed E-state index contributed by atoms with van der Waals surface area (Å²) in [7, 11) is 0. The van der Waals surface area contributed by atoms with E-state index in [1.165, 1.54) is 18.2 Å². The van der Waals surface area contributed by atoms with E-state index in [1.54, 1.807) is 13.8 Å². The van der Waals surface area contributed by atoms with Crippen molar-refractivity contribution in [3.63, 3.8) is 0 Å². The maximum Gasteiger partial charge on any atom is 0.190 e. The number of hydrogen-bond donors (Lipinski definition) is 6. The summed E-state index contributed by atoms with van der Waals surface area (Å²) in [6.07, 6.45) is -0.501. The van der Waals surface area contributed by atoms with Gasteiger partial charge in [0.2, 0.25) is 0 Å². The number of phenols is 5. The van der Waals surface area contributed by atoms with Gasteiger partial charge in [0, 0.05) is 46.5 Å². The van der Waals surface area contributed by atoms with Crippen molar-refractivity contribution >= 4 is 38.3 Å². The van der Waals surface area contributed by atoms with Crippen LogP contribution in [-0.4, -0.2) is 42.5 Å². The minimum Gasteiger partial charge on any atom is -0.507 e. The van der Waals surface area contributed by atoms with Gasteiger partial charge in [-0.05, 0) is 26.0 Å². The van der Waals surface area contributed by atoms with E-state index in [0.717, 1.165) is 12.1 Å². The molecule has 0 fully saturated rings. The van der Waals surface area contributed by atoms with Crippen molar-refractivity contribution in [2.24, 2.45) is 0 Å². The third-order valence-electron chi connectivity index (χ3n) is 6.82. The summed E-state index contributed by atoms with van der Waals surface area (Å²) in [5.74, 6) is -3.26. The molecule has 0 spiro atoms. The molecule has 0 aliphatic carbocycles. The van der Waals surface area contributed by atoms with Crippen molar-refractivity contribution < 1.29 is 44.6 Å². The number of rotatable bonds is 1. The molecule has 0 radical (unpaired) electrons. The van der Waals surface area contributed by atoms with Gasteiger partial charge in [-0.15, -0.1) is 0 Å². The predicted octanol–water partition coefficient (Wildman–Crippen LogP) is 4.66. The van der Waals surface area contributed by atoms with Gasteiger partial charge in [-0.1, -0.05) is 0 Å². The second-order valence-electron chi connectivity index (χ2n) is 9.40. The normalized spacial score (nSPS) is 15.2. The third kappa shape index (κ3) is 3.06. The number of carbonyl (C=O) groups excluding carboxylic acids is 1. The zero-order chi connectivity index (χ0) is 27.2. The molecule has 0 saturated heterocycles. The van der Waals surface area contributed by atoms with E-state index in [0.29, 0.717) is 5.76 Å². The van der Waals surface area contributed by atoms with Gasteiger partial charge in [-0.2, -0.15) is 0 Å². The number of ketones is 1. The van der Waals surface area contributed by atoms with Crippen molar-refractivity contribution in [1.82, 2.24) is 0 Å². The average molecular weight is 516 g/mol. The van der Waals surface area contributed by atoms with Gasteiger partial charge in [0.25, 0.3) is 0 Å². The van der Waals surface area contributed by atoms with E-state index in [2.05, 4.69) is 0 Å². The number of aromatic hydroxyl groups is 6. The minimum absolute atomic E-state index is 0.00405. The summed E-state index contributed by atoms with van der Waals surface area (Å²) in [4.78, 5) is 26.0. The molecule has 0 unspecified atom stereocenters. The first-order valence-electron chi connectivity index (χ1n) is 11.6. The highest BCUT2D eigenvalue weighted by molar-refractivity contribution is 6.18. The van der Waals surface area contributed by atoms with Crippen LogP contribution >= 0.6 is 0 Å². The third-order valence-corrected chi connectivity index (χ3v) is 6.82. The second-order valence-corrected chi connectivity index (χ2v) is 9.40. The Bertz CT molecular complexity index is 1950. The van der Waals surface area contributed by atoms with E-state index in [-0.39, 0.29) is 67.1 Å². The lowest BCUT2D eigenvalue weighted by Gasteiger charge is -2.25. The molecule has 10 heteroatoms. The monoisotopic (exact) mass is 516 g/mol. The summed E-state index contributed by atoms with van der Waals surface area (Å²) in [6.45, 7) is 3.23. The van der Waals surface area contributed by atoms with Crippen molar-refractivity contribution in [2.45, 2.75) is 26.4 Å². The Labute approximate surface area is 212 Å². The number of ether oxygens (including phenoxy) is 1. The summed E-state index contributed by atoms with van der Waals surface area (Å²) in [5.41, 5.74) is -1.27. The number of Topliss-reactive ketones (excluding diaryl/α,β-unsaturated/α-hetero) is 1. The highest BCUT2D eigenvalue weighted by atomic mass is 16.5. The SMILES string of the molecule is Cc1cc(O)c2c(O)c3c(O)cc(=O)c(-c4c(O)cc(O)c5c(O)c6c(cc45)O[C@@H](C)CC6=O)c3cc2o1. The van der Waals surface area contributed by atoms with Crippen LogP contribution in [0.1, 0.15) is 29.5 Å². The molecule has 6 rings (SSSR count). The first kappa shape index (κ1) is 23.3. The topological polar surface area (TPSA) is 178 Å². The highest BCUT2D eigenvalue weighted by Crippen LogP contribution is 2.52. The van der Waals surface area contributed by atoms with Crippen molar-refractivity contribution in [2.75, 3.05) is 0 Å². The molecule has 0 saturated carbocycles. The zero-order valence-corrected chi connectivity index (χ0v) is 20.0. The Balaban J connectivity index is 1.83. The summed E-state index contributed by atoms with van der Waals surface area (Å²) in [5, 5.41) is 64.2. The Morgan fingerprint density at radius 1 is 0.711 bits per heavy atom. The fourth-order valence-corrected chi connectivity index (χ4v) is 5.32. The van der Waals surface area contributed by atoms with E-state index in [4.69, 9.17) is 9.15 Å². The standard InChI is InChI=1S/C28H20O10/c1-9-3-13(29)25-19(37-9)5-11-21(15(31)7-17(33)23(11)27(25)35)22-12-6-20-26(14(30)4-10(2)38-20)28(36)24(12)18(34)8-16(22)32/h3,5-8,10,29,32-36H,4H2,1-2H3/t10-/m0/s1. The molecule has 4 aromatic carbocycles. The van der Waals surface area contributed by atoms with E-state index in [1.807, 2.05) is 0 Å². The predicted molar refractivity (Wildman–Crippen MR) is 137 cm³/mol. The van der Waals surface area contributed by atoms with Crippen molar-refractivity contribution in [1.29, 1.82) is 0 Å². The van der Waals surface area contributed by atoms with Crippen LogP contribution < -0.4 is 10.2 Å². The average Bonchev–Trinajstić information content (AvgIpc) is 2.79. The van der Waals surface area contributed by atoms with Crippen molar-refractivity contribution in [3.05, 3.63) is 51.9 Å². The van der Waals surface area contributed by atoms with Crippen LogP contribution in [0.3, 0.4) is 0 Å². The molecular formula is C28H20O10. The lowest BCUT2D eigenvalue weighted by atomic mass is 9.88. The van der Waals surface area contributed by atoms with Crippen LogP contribution in [0.5, 0.6) is 40.2 Å². The first-order valence-corrected chi connectivity index (χ1v) is 11.6. The Morgan fingerprint density at radius 2 is 1.34 bits per heavy atom. The maximum absolute atomic E-state index is 13.4. The molecule has 192 valence electrons. The summed E-state index contributed by atoms with van der Waals surface area (Å²) in [6, 6.07) is 5.70. The fourth-order valence-electron chi connectivity index (χ4n) is 5.32. The Kier molecular flexibility index (Phi) is 4.71. The fraction of sp³-hybridized carbons (Fsp3) is 0.143. The van der Waals surface area contributed by atoms with E-state index >= 15 is 0 Å². The molecule has 0 bridgehead atoms. The van der Waals surface area contributed by atoms with Gasteiger partial charge in [0.15, 0.2) is 11.2 Å². The number of phenolic OH excluding ortho intramolecular Hbond substituents is 5. The van der Waals surface area contributed by atoms with Gasteiger partial charge in [0.05, 0.1) is 10.8 Å². The molecule has 2 heterocycles. The smallest absolute Gasteiger partial charge is 0.190 e. The van der Waals surface area contributed by atoms with Crippen LogP contribution in [0.2, 0.25) is 0 Å². The van der Waals surface area contributed by atoms with Crippen LogP contribution in [0.4, 0.5) is 0 Å². The summed E-state index contributed by atoms with van der Waals surface area (Å²) < 4.78 is 11.4. The number of aryl methyl sites for hydroxylation is 1. The largest absolute Gasteiger partial charge is 0.507 e. The molecule has 1 aromatic heterocycles.